The van der Waals surface area contributed by atoms with E-state index in [4.69, 9.17) is 4.52 Å². The molecule has 1 amide bonds. The van der Waals surface area contributed by atoms with Gasteiger partial charge in [-0.05, 0) is 39.0 Å². The molecule has 1 aromatic carbocycles. The minimum atomic E-state index is -0.0575. The lowest BCUT2D eigenvalue weighted by molar-refractivity contribution is 0.0736. The number of hydrogen-bond acceptors (Lipinski definition) is 5. The van der Waals surface area contributed by atoms with E-state index in [2.05, 4.69) is 15.1 Å². The van der Waals surface area contributed by atoms with Crippen molar-refractivity contribution in [1.29, 1.82) is 0 Å². The van der Waals surface area contributed by atoms with Crippen LogP contribution in [0.4, 0.5) is 0 Å². The smallest absolute Gasteiger partial charge is 0.255 e. The van der Waals surface area contributed by atoms with E-state index in [1.807, 2.05) is 58.9 Å². The van der Waals surface area contributed by atoms with Crippen LogP contribution in [0.15, 0.2) is 28.8 Å². The molecule has 0 atom stereocenters. The van der Waals surface area contributed by atoms with Crippen molar-refractivity contribution in [3.63, 3.8) is 0 Å². The van der Waals surface area contributed by atoms with Gasteiger partial charge >= 0.3 is 0 Å². The molecule has 6 nitrogen and oxygen atoms in total. The van der Waals surface area contributed by atoms with Crippen molar-refractivity contribution in [3.05, 3.63) is 52.8 Å². The number of amides is 1. The molecule has 0 aliphatic carbocycles. The maximum Gasteiger partial charge on any atom is 0.255 e. The number of rotatable bonds is 5. The number of pyridine rings is 1. The molecule has 0 aliphatic heterocycles. The minimum Gasteiger partial charge on any atom is -0.337 e. The Morgan fingerprint density at radius 2 is 1.96 bits per heavy atom. The van der Waals surface area contributed by atoms with E-state index >= 15 is 0 Å². The average Bonchev–Trinajstić information content (AvgIpc) is 3.07. The summed E-state index contributed by atoms with van der Waals surface area (Å²) in [5, 5.41) is 4.84. The summed E-state index contributed by atoms with van der Waals surface area (Å²) in [5.41, 5.74) is 3.40. The Morgan fingerprint density at radius 1 is 1.19 bits per heavy atom. The van der Waals surface area contributed by atoms with E-state index in [1.165, 1.54) is 0 Å². The van der Waals surface area contributed by atoms with Crippen LogP contribution in [0.25, 0.3) is 10.9 Å². The number of benzene rings is 1. The van der Waals surface area contributed by atoms with Gasteiger partial charge in [0.2, 0.25) is 5.89 Å². The van der Waals surface area contributed by atoms with Crippen molar-refractivity contribution >= 4 is 16.8 Å². The fourth-order valence-corrected chi connectivity index (χ4v) is 2.88. The van der Waals surface area contributed by atoms with Crippen molar-refractivity contribution in [3.8, 4) is 0 Å². The molecule has 6 heteroatoms. The van der Waals surface area contributed by atoms with E-state index in [0.29, 0.717) is 30.4 Å². The van der Waals surface area contributed by atoms with Crippen molar-refractivity contribution in [1.82, 2.24) is 20.0 Å². The Morgan fingerprint density at radius 3 is 2.62 bits per heavy atom. The van der Waals surface area contributed by atoms with Gasteiger partial charge in [-0.1, -0.05) is 30.6 Å². The summed E-state index contributed by atoms with van der Waals surface area (Å²) in [7, 11) is 0. The van der Waals surface area contributed by atoms with Gasteiger partial charge in [-0.2, -0.15) is 4.98 Å². The van der Waals surface area contributed by atoms with Crippen molar-refractivity contribution in [2.45, 2.75) is 47.1 Å². The summed E-state index contributed by atoms with van der Waals surface area (Å²) in [5.74, 6) is 1.24. The van der Waals surface area contributed by atoms with Crippen LogP contribution in [0.5, 0.6) is 0 Å². The molecule has 3 aromatic rings. The monoisotopic (exact) mass is 352 g/mol. The molecule has 0 radical (unpaired) electrons. The lowest BCUT2D eigenvalue weighted by Gasteiger charge is -2.20. The first kappa shape index (κ1) is 18.0. The summed E-state index contributed by atoms with van der Waals surface area (Å²) < 4.78 is 5.31. The van der Waals surface area contributed by atoms with Crippen molar-refractivity contribution < 1.29 is 9.32 Å². The minimum absolute atomic E-state index is 0.0575. The average molecular weight is 352 g/mol. The van der Waals surface area contributed by atoms with E-state index < -0.39 is 0 Å². The van der Waals surface area contributed by atoms with E-state index in [9.17, 15) is 4.79 Å². The fraction of sp³-hybridized carbons (Fsp3) is 0.400. The highest BCUT2D eigenvalue weighted by molar-refractivity contribution is 6.06. The molecule has 0 aliphatic rings. The van der Waals surface area contributed by atoms with Crippen molar-refractivity contribution in [2.75, 3.05) is 6.54 Å². The lowest BCUT2D eigenvalue weighted by atomic mass is 10.0. The molecule has 0 spiro atoms. The van der Waals surface area contributed by atoms with Crippen LogP contribution in [0.1, 0.15) is 60.0 Å². The third-order valence-electron chi connectivity index (χ3n) is 4.32. The van der Waals surface area contributed by atoms with Crippen molar-refractivity contribution in [2.24, 2.45) is 0 Å². The zero-order valence-corrected chi connectivity index (χ0v) is 15.9. The topological polar surface area (TPSA) is 72.1 Å². The van der Waals surface area contributed by atoms with Gasteiger partial charge in [0.25, 0.3) is 5.91 Å². The Kier molecular flexibility index (Phi) is 5.02. The molecule has 3 rings (SSSR count). The molecule has 0 unspecified atom stereocenters. The maximum atomic E-state index is 13.2. The van der Waals surface area contributed by atoms with Crippen LogP contribution in [0, 0.1) is 13.8 Å². The quantitative estimate of drug-likeness (QED) is 0.693. The predicted octanol–water partition coefficient (Wildman–Crippen LogP) is 4.02. The first-order chi connectivity index (χ1) is 12.4. The molecule has 136 valence electrons. The summed E-state index contributed by atoms with van der Waals surface area (Å²) >= 11 is 0. The number of hydrogen-bond donors (Lipinski definition) is 0. The highest BCUT2D eigenvalue weighted by atomic mass is 16.5. The number of nitrogens with zero attached hydrogens (tertiary/aromatic N) is 4. The molecule has 2 aromatic heterocycles. The first-order valence-corrected chi connectivity index (χ1v) is 8.88. The van der Waals surface area contributed by atoms with Crippen LogP contribution >= 0.6 is 0 Å². The van der Waals surface area contributed by atoms with E-state index in [1.54, 1.807) is 4.90 Å². The zero-order valence-electron chi connectivity index (χ0n) is 15.9. The molecule has 0 saturated carbocycles. The van der Waals surface area contributed by atoms with Crippen LogP contribution in [0.2, 0.25) is 0 Å². The molecule has 0 bridgehead atoms. The molecular weight excluding hydrogens is 328 g/mol. The Balaban J connectivity index is 1.95. The first-order valence-electron chi connectivity index (χ1n) is 8.88. The van der Waals surface area contributed by atoms with Gasteiger partial charge in [-0.25, -0.2) is 0 Å². The normalized spacial score (nSPS) is 11.3. The largest absolute Gasteiger partial charge is 0.337 e. The van der Waals surface area contributed by atoms with Gasteiger partial charge in [0.1, 0.15) is 6.54 Å². The predicted molar refractivity (Wildman–Crippen MR) is 100 cm³/mol. The lowest BCUT2D eigenvalue weighted by Crippen LogP contribution is -2.30. The van der Waals surface area contributed by atoms with Crippen LogP contribution in [-0.2, 0) is 6.54 Å². The van der Waals surface area contributed by atoms with Gasteiger partial charge < -0.3 is 9.42 Å². The molecule has 2 heterocycles. The summed E-state index contributed by atoms with van der Waals surface area (Å²) in [6.07, 6.45) is 0. The Hall–Kier alpha value is -2.76. The van der Waals surface area contributed by atoms with Gasteiger partial charge in [-0.3, -0.25) is 9.78 Å². The number of carbonyl (C=O) groups excluding carboxylic acids is 1. The maximum absolute atomic E-state index is 13.2. The highest BCUT2D eigenvalue weighted by Crippen LogP contribution is 2.22. The Bertz CT molecular complexity index is 946. The Labute approximate surface area is 153 Å². The summed E-state index contributed by atoms with van der Waals surface area (Å²) in [4.78, 5) is 23.8. The zero-order chi connectivity index (χ0) is 18.8. The molecule has 26 heavy (non-hydrogen) atoms. The number of aromatic nitrogens is 3. The number of carbonyl (C=O) groups is 1. The molecule has 0 fully saturated rings. The standard InChI is InChI=1S/C20H24N4O2/c1-6-24(11-18-22-19(12(2)3)23-26-18)20(25)16-10-14(5)21-17-8-7-13(4)9-15(16)17/h7-10,12H,6,11H2,1-5H3. The van der Waals surface area contributed by atoms with Gasteiger partial charge in [-0.15, -0.1) is 0 Å². The summed E-state index contributed by atoms with van der Waals surface area (Å²) in [6, 6.07) is 7.82. The van der Waals surface area contributed by atoms with Gasteiger partial charge in [0.15, 0.2) is 5.82 Å². The molecule has 0 N–H and O–H groups in total. The van der Waals surface area contributed by atoms with Crippen LogP contribution in [0.3, 0.4) is 0 Å². The third-order valence-corrected chi connectivity index (χ3v) is 4.32. The third kappa shape index (κ3) is 3.59. The summed E-state index contributed by atoms with van der Waals surface area (Å²) in [6.45, 7) is 10.7. The molecule has 0 saturated heterocycles. The second-order valence-electron chi connectivity index (χ2n) is 6.85. The SMILES string of the molecule is CCN(Cc1nc(C(C)C)no1)C(=O)c1cc(C)nc2ccc(C)cc12. The van der Waals surface area contributed by atoms with Crippen LogP contribution < -0.4 is 0 Å². The second-order valence-corrected chi connectivity index (χ2v) is 6.85. The number of aryl methyl sites for hydroxylation is 2. The van der Waals surface area contributed by atoms with Crippen LogP contribution in [-0.4, -0.2) is 32.5 Å². The second kappa shape index (κ2) is 7.23. The number of fused-ring (bicyclic) bond motifs is 1. The van der Waals surface area contributed by atoms with Gasteiger partial charge in [0.05, 0.1) is 11.1 Å². The fourth-order valence-electron chi connectivity index (χ4n) is 2.88. The van der Waals surface area contributed by atoms with E-state index in [-0.39, 0.29) is 11.8 Å². The van der Waals surface area contributed by atoms with Gasteiger partial charge in [0, 0.05) is 23.5 Å². The highest BCUT2D eigenvalue weighted by Gasteiger charge is 2.21. The molecular formula is C20H24N4O2. The van der Waals surface area contributed by atoms with E-state index in [0.717, 1.165) is 22.2 Å².